The first kappa shape index (κ1) is 12.7. The number of anilines is 2. The van der Waals surface area contributed by atoms with Crippen molar-refractivity contribution in [3.8, 4) is 0 Å². The molecule has 2 aromatic rings. The highest BCUT2D eigenvalue weighted by Crippen LogP contribution is 2.35. The highest BCUT2D eigenvalue weighted by Gasteiger charge is 2.24. The van der Waals surface area contributed by atoms with E-state index >= 15 is 0 Å². The summed E-state index contributed by atoms with van der Waals surface area (Å²) in [5, 5.41) is 10.3. The number of hydrogen-bond acceptors (Lipinski definition) is 4. The number of aromatic nitrogens is 1. The molecule has 3 rings (SSSR count). The average Bonchev–Trinajstić information content (AvgIpc) is 2.87. The summed E-state index contributed by atoms with van der Waals surface area (Å²) in [4.78, 5) is 6.63. The number of aliphatic hydroxyl groups is 1. The fourth-order valence-electron chi connectivity index (χ4n) is 2.70. The van der Waals surface area contributed by atoms with Crippen LogP contribution in [0.4, 0.5) is 11.4 Å². The lowest BCUT2D eigenvalue weighted by molar-refractivity contribution is 0.238. The van der Waals surface area contributed by atoms with Crippen LogP contribution in [0.2, 0.25) is 0 Å². The molecule has 1 fully saturated rings. The molecule has 0 saturated carbocycles. The van der Waals surface area contributed by atoms with Crippen molar-refractivity contribution in [2.45, 2.75) is 6.42 Å². The predicted molar refractivity (Wildman–Crippen MR) is 81.3 cm³/mol. The number of fused-ring (bicyclic) bond motifs is 1. The number of nitrogen functional groups attached to an aromatic ring is 1. The Kier molecular flexibility index (Phi) is 3.33. The summed E-state index contributed by atoms with van der Waals surface area (Å²) in [6, 6.07) is 6.03. The van der Waals surface area contributed by atoms with Crippen molar-refractivity contribution in [1.82, 2.24) is 4.98 Å². The van der Waals surface area contributed by atoms with E-state index in [1.165, 1.54) is 0 Å². The van der Waals surface area contributed by atoms with E-state index < -0.39 is 0 Å². The van der Waals surface area contributed by atoms with Gasteiger partial charge in [-0.05, 0) is 24.6 Å². The highest BCUT2D eigenvalue weighted by atomic mass is 79.9. The lowest BCUT2D eigenvalue weighted by atomic mass is 10.1. The van der Waals surface area contributed by atoms with E-state index in [1.54, 1.807) is 6.20 Å². The number of nitrogens with zero attached hydrogens (tertiary/aromatic N) is 2. The topological polar surface area (TPSA) is 62.4 Å². The Balaban J connectivity index is 2.11. The van der Waals surface area contributed by atoms with Gasteiger partial charge in [0.25, 0.3) is 0 Å². The summed E-state index contributed by atoms with van der Waals surface area (Å²) in [6.07, 6.45) is 2.73. The number of pyridine rings is 1. The Morgan fingerprint density at radius 3 is 3.05 bits per heavy atom. The first-order valence-corrected chi connectivity index (χ1v) is 7.18. The lowest BCUT2D eigenvalue weighted by Gasteiger charge is -2.22. The van der Waals surface area contributed by atoms with Crippen LogP contribution in [0.1, 0.15) is 6.42 Å². The quantitative estimate of drug-likeness (QED) is 0.891. The summed E-state index contributed by atoms with van der Waals surface area (Å²) in [5.74, 6) is 0.342. The fraction of sp³-hybridized carbons (Fsp3) is 0.357. The van der Waals surface area contributed by atoms with Crippen molar-refractivity contribution in [1.29, 1.82) is 0 Å². The van der Waals surface area contributed by atoms with Crippen molar-refractivity contribution in [2.75, 3.05) is 30.3 Å². The third-order valence-electron chi connectivity index (χ3n) is 3.69. The molecule has 1 aliphatic heterocycles. The molecule has 3 N–H and O–H groups in total. The van der Waals surface area contributed by atoms with E-state index in [1.807, 2.05) is 12.1 Å². The molecule has 1 unspecified atom stereocenters. The van der Waals surface area contributed by atoms with E-state index in [0.717, 1.165) is 40.6 Å². The molecule has 1 aliphatic rings. The van der Waals surface area contributed by atoms with Gasteiger partial charge in [0.15, 0.2) is 0 Å². The van der Waals surface area contributed by atoms with Crippen LogP contribution in [0.15, 0.2) is 28.9 Å². The summed E-state index contributed by atoms with van der Waals surface area (Å²) in [7, 11) is 0. The maximum atomic E-state index is 9.28. The summed E-state index contributed by atoms with van der Waals surface area (Å²) in [5.41, 5.74) is 8.81. The highest BCUT2D eigenvalue weighted by molar-refractivity contribution is 9.10. The van der Waals surface area contributed by atoms with Gasteiger partial charge in [0, 0.05) is 35.5 Å². The second-order valence-corrected chi connectivity index (χ2v) is 5.92. The van der Waals surface area contributed by atoms with Crippen molar-refractivity contribution in [3.05, 3.63) is 28.9 Å². The first-order chi connectivity index (χ1) is 9.19. The van der Waals surface area contributed by atoms with Crippen LogP contribution in [0.25, 0.3) is 10.9 Å². The van der Waals surface area contributed by atoms with Crippen LogP contribution >= 0.6 is 15.9 Å². The minimum Gasteiger partial charge on any atom is -0.396 e. The van der Waals surface area contributed by atoms with E-state index in [0.29, 0.717) is 11.6 Å². The van der Waals surface area contributed by atoms with Gasteiger partial charge in [0.1, 0.15) is 0 Å². The SMILES string of the molecule is Nc1cnc2ccc(Br)cc2c1N1CCC(CO)C1. The third-order valence-corrected chi connectivity index (χ3v) is 4.18. The molecule has 19 heavy (non-hydrogen) atoms. The number of halogens is 1. The van der Waals surface area contributed by atoms with Gasteiger partial charge in [0.2, 0.25) is 0 Å². The van der Waals surface area contributed by atoms with Crippen molar-refractivity contribution < 1.29 is 5.11 Å². The summed E-state index contributed by atoms with van der Waals surface area (Å²) >= 11 is 3.50. The van der Waals surface area contributed by atoms with Crippen LogP contribution in [-0.2, 0) is 0 Å². The average molecular weight is 322 g/mol. The standard InChI is InChI=1S/C14H16BrN3O/c15-10-1-2-13-11(5-10)14(12(16)6-17-13)18-4-3-9(7-18)8-19/h1-2,5-6,9,19H,3-4,7-8,16H2. The minimum absolute atomic E-state index is 0.239. The predicted octanol–water partition coefficient (Wildman–Crippen LogP) is 2.40. The molecule has 0 bridgehead atoms. The van der Waals surface area contributed by atoms with Crippen LogP contribution in [0, 0.1) is 5.92 Å². The van der Waals surface area contributed by atoms with Gasteiger partial charge in [-0.1, -0.05) is 15.9 Å². The van der Waals surface area contributed by atoms with Crippen LogP contribution in [0.3, 0.4) is 0 Å². The van der Waals surface area contributed by atoms with Gasteiger partial charge in [-0.2, -0.15) is 0 Å². The minimum atomic E-state index is 0.239. The second kappa shape index (κ2) is 4.98. The molecule has 5 heteroatoms. The molecule has 1 aromatic carbocycles. The zero-order valence-electron chi connectivity index (χ0n) is 10.5. The number of nitrogens with two attached hydrogens (primary N) is 1. The third kappa shape index (κ3) is 2.28. The number of benzene rings is 1. The molecule has 1 saturated heterocycles. The van der Waals surface area contributed by atoms with E-state index in [2.05, 4.69) is 31.9 Å². The van der Waals surface area contributed by atoms with Gasteiger partial charge in [-0.25, -0.2) is 0 Å². The zero-order chi connectivity index (χ0) is 13.4. The molecular weight excluding hydrogens is 306 g/mol. The maximum absolute atomic E-state index is 9.28. The maximum Gasteiger partial charge on any atom is 0.0745 e. The molecule has 1 aromatic heterocycles. The van der Waals surface area contributed by atoms with E-state index in [4.69, 9.17) is 5.73 Å². The van der Waals surface area contributed by atoms with Crippen molar-refractivity contribution in [3.63, 3.8) is 0 Å². The molecular formula is C14H16BrN3O. The second-order valence-electron chi connectivity index (χ2n) is 5.01. The number of aliphatic hydroxyl groups excluding tert-OH is 1. The molecule has 0 amide bonds. The van der Waals surface area contributed by atoms with Gasteiger partial charge in [-0.15, -0.1) is 0 Å². The monoisotopic (exact) mass is 321 g/mol. The smallest absolute Gasteiger partial charge is 0.0745 e. The van der Waals surface area contributed by atoms with Crippen LogP contribution in [0.5, 0.6) is 0 Å². The molecule has 1 atom stereocenters. The van der Waals surface area contributed by atoms with Gasteiger partial charge in [-0.3, -0.25) is 4.98 Å². The van der Waals surface area contributed by atoms with E-state index in [9.17, 15) is 5.11 Å². The molecule has 2 heterocycles. The van der Waals surface area contributed by atoms with Crippen LogP contribution in [-0.4, -0.2) is 29.8 Å². The summed E-state index contributed by atoms with van der Waals surface area (Å²) < 4.78 is 1.02. The lowest BCUT2D eigenvalue weighted by Crippen LogP contribution is -2.22. The van der Waals surface area contributed by atoms with Gasteiger partial charge in [0.05, 0.1) is 23.1 Å². The first-order valence-electron chi connectivity index (χ1n) is 6.38. The van der Waals surface area contributed by atoms with Crippen LogP contribution < -0.4 is 10.6 Å². The van der Waals surface area contributed by atoms with Crippen molar-refractivity contribution in [2.24, 2.45) is 5.92 Å². The zero-order valence-corrected chi connectivity index (χ0v) is 12.1. The molecule has 0 radical (unpaired) electrons. The Hall–Kier alpha value is -1.33. The molecule has 4 nitrogen and oxygen atoms in total. The van der Waals surface area contributed by atoms with Gasteiger partial charge < -0.3 is 15.7 Å². The molecule has 100 valence electrons. The Morgan fingerprint density at radius 2 is 2.32 bits per heavy atom. The normalized spacial score (nSPS) is 19.3. The molecule has 0 spiro atoms. The number of rotatable bonds is 2. The fourth-order valence-corrected chi connectivity index (χ4v) is 3.07. The Labute approximate surface area is 120 Å². The van der Waals surface area contributed by atoms with Gasteiger partial charge >= 0.3 is 0 Å². The summed E-state index contributed by atoms with van der Waals surface area (Å²) in [6.45, 7) is 2.02. The molecule has 0 aliphatic carbocycles. The van der Waals surface area contributed by atoms with E-state index in [-0.39, 0.29) is 6.61 Å². The Bertz CT molecular complexity index is 612. The Morgan fingerprint density at radius 1 is 1.47 bits per heavy atom. The van der Waals surface area contributed by atoms with Crippen molar-refractivity contribution >= 4 is 38.2 Å². The number of hydrogen-bond donors (Lipinski definition) is 2. The largest absolute Gasteiger partial charge is 0.396 e.